The van der Waals surface area contributed by atoms with Crippen molar-refractivity contribution in [1.29, 1.82) is 0 Å². The Morgan fingerprint density at radius 3 is 2.61 bits per heavy atom. The van der Waals surface area contributed by atoms with Gasteiger partial charge in [0, 0.05) is 6.54 Å². The maximum atomic E-state index is 5.97. The first-order valence-electron chi connectivity index (χ1n) is 6.25. The molecule has 0 bridgehead atoms. The first kappa shape index (κ1) is 12.7. The number of furan rings is 1. The lowest BCUT2D eigenvalue weighted by Gasteiger charge is -2.17. The van der Waals surface area contributed by atoms with Gasteiger partial charge in [-0.25, -0.2) is 0 Å². The summed E-state index contributed by atoms with van der Waals surface area (Å²) in [4.78, 5) is 0. The first-order chi connectivity index (χ1) is 8.74. The smallest absolute Gasteiger partial charge is 0.168 e. The van der Waals surface area contributed by atoms with Crippen molar-refractivity contribution in [3.63, 3.8) is 0 Å². The number of rotatable bonds is 5. The van der Waals surface area contributed by atoms with Gasteiger partial charge < -0.3 is 14.9 Å². The molecule has 18 heavy (non-hydrogen) atoms. The molecule has 0 spiro atoms. The van der Waals surface area contributed by atoms with E-state index in [1.807, 2.05) is 37.3 Å². The highest BCUT2D eigenvalue weighted by Crippen LogP contribution is 2.26. The maximum Gasteiger partial charge on any atom is 0.168 e. The van der Waals surface area contributed by atoms with E-state index in [0.717, 1.165) is 23.7 Å². The van der Waals surface area contributed by atoms with Gasteiger partial charge in [0.1, 0.15) is 17.3 Å². The molecule has 2 N–H and O–H groups in total. The molecule has 1 aromatic heterocycles. The van der Waals surface area contributed by atoms with E-state index in [0.29, 0.717) is 6.54 Å². The summed E-state index contributed by atoms with van der Waals surface area (Å²) < 4.78 is 11.5. The summed E-state index contributed by atoms with van der Waals surface area (Å²) in [5, 5.41) is 0. The van der Waals surface area contributed by atoms with Crippen LogP contribution < -0.4 is 10.5 Å². The van der Waals surface area contributed by atoms with Crippen LogP contribution >= 0.6 is 0 Å². The van der Waals surface area contributed by atoms with Gasteiger partial charge in [0.15, 0.2) is 6.10 Å². The molecule has 2 rings (SSSR count). The Hall–Kier alpha value is -1.74. The number of hydrogen-bond acceptors (Lipinski definition) is 3. The normalized spacial score (nSPS) is 12.4. The first-order valence-corrected chi connectivity index (χ1v) is 6.25. The van der Waals surface area contributed by atoms with Crippen LogP contribution in [0.25, 0.3) is 0 Å². The lowest BCUT2D eigenvalue weighted by atomic mass is 10.1. The molecule has 0 amide bonds. The van der Waals surface area contributed by atoms with E-state index in [-0.39, 0.29) is 6.10 Å². The molecule has 3 nitrogen and oxygen atoms in total. The highest BCUT2D eigenvalue weighted by atomic mass is 16.5. The van der Waals surface area contributed by atoms with Gasteiger partial charge in [-0.1, -0.05) is 25.1 Å². The van der Waals surface area contributed by atoms with Crippen molar-refractivity contribution in [2.45, 2.75) is 26.4 Å². The molecular formula is C15H19NO2. The highest BCUT2D eigenvalue weighted by molar-refractivity contribution is 5.33. The number of benzene rings is 1. The third-order valence-electron chi connectivity index (χ3n) is 2.92. The van der Waals surface area contributed by atoms with E-state index < -0.39 is 0 Å². The summed E-state index contributed by atoms with van der Waals surface area (Å²) in [5.74, 6) is 2.53. The third-order valence-corrected chi connectivity index (χ3v) is 2.92. The maximum absolute atomic E-state index is 5.97. The van der Waals surface area contributed by atoms with Crippen molar-refractivity contribution in [2.75, 3.05) is 6.54 Å². The molecule has 1 aromatic carbocycles. The average molecular weight is 245 g/mol. The standard InChI is InChI=1S/C15H19NO2/c1-3-12-6-4-5-7-13(12)18-15(10-16)14-9-8-11(2)17-14/h4-9,15H,3,10,16H2,1-2H3. The molecule has 2 aromatic rings. The summed E-state index contributed by atoms with van der Waals surface area (Å²) in [6.45, 7) is 4.42. The second-order valence-electron chi connectivity index (χ2n) is 4.25. The molecule has 0 saturated carbocycles. The van der Waals surface area contributed by atoms with Crippen molar-refractivity contribution in [3.8, 4) is 5.75 Å². The van der Waals surface area contributed by atoms with Crippen molar-refractivity contribution in [1.82, 2.24) is 0 Å². The number of nitrogens with two attached hydrogens (primary N) is 1. The van der Waals surface area contributed by atoms with Gasteiger partial charge in [0.2, 0.25) is 0 Å². The summed E-state index contributed by atoms with van der Waals surface area (Å²) in [6, 6.07) is 11.9. The number of para-hydroxylation sites is 1. The topological polar surface area (TPSA) is 48.4 Å². The monoisotopic (exact) mass is 245 g/mol. The van der Waals surface area contributed by atoms with E-state index in [9.17, 15) is 0 Å². The summed E-state index contributed by atoms with van der Waals surface area (Å²) in [7, 11) is 0. The van der Waals surface area contributed by atoms with E-state index in [2.05, 4.69) is 13.0 Å². The lowest BCUT2D eigenvalue weighted by molar-refractivity contribution is 0.181. The van der Waals surface area contributed by atoms with Gasteiger partial charge in [0.25, 0.3) is 0 Å². The Labute approximate surface area is 108 Å². The summed E-state index contributed by atoms with van der Waals surface area (Å²) in [5.41, 5.74) is 6.95. The SMILES string of the molecule is CCc1ccccc1OC(CN)c1ccc(C)o1. The van der Waals surface area contributed by atoms with Crippen LogP contribution in [0.4, 0.5) is 0 Å². The van der Waals surface area contributed by atoms with E-state index in [4.69, 9.17) is 14.9 Å². The minimum absolute atomic E-state index is 0.230. The summed E-state index contributed by atoms with van der Waals surface area (Å²) in [6.07, 6.45) is 0.705. The zero-order valence-corrected chi connectivity index (χ0v) is 10.8. The van der Waals surface area contributed by atoms with Crippen LogP contribution in [0.1, 0.15) is 30.1 Å². The van der Waals surface area contributed by atoms with Gasteiger partial charge >= 0.3 is 0 Å². The average Bonchev–Trinajstić information content (AvgIpc) is 2.83. The molecule has 0 fully saturated rings. The van der Waals surface area contributed by atoms with Crippen molar-refractivity contribution in [3.05, 3.63) is 53.5 Å². The van der Waals surface area contributed by atoms with Crippen molar-refractivity contribution in [2.24, 2.45) is 5.73 Å². The molecular weight excluding hydrogens is 226 g/mol. The molecule has 1 atom stereocenters. The lowest BCUT2D eigenvalue weighted by Crippen LogP contribution is -2.18. The molecule has 0 aliphatic carbocycles. The van der Waals surface area contributed by atoms with Crippen LogP contribution in [-0.2, 0) is 6.42 Å². The van der Waals surface area contributed by atoms with E-state index in [1.165, 1.54) is 5.56 Å². The second-order valence-corrected chi connectivity index (χ2v) is 4.25. The molecule has 0 radical (unpaired) electrons. The fourth-order valence-corrected chi connectivity index (χ4v) is 1.91. The zero-order chi connectivity index (χ0) is 13.0. The molecule has 3 heteroatoms. The largest absolute Gasteiger partial charge is 0.481 e. The Morgan fingerprint density at radius 1 is 1.22 bits per heavy atom. The Bertz CT molecular complexity index is 505. The highest BCUT2D eigenvalue weighted by Gasteiger charge is 2.16. The number of hydrogen-bond donors (Lipinski definition) is 1. The van der Waals surface area contributed by atoms with Crippen LogP contribution in [0.3, 0.4) is 0 Å². The van der Waals surface area contributed by atoms with Crippen LogP contribution in [0.5, 0.6) is 5.75 Å². The van der Waals surface area contributed by atoms with Crippen molar-refractivity contribution >= 4 is 0 Å². The molecule has 96 valence electrons. The molecule has 0 aliphatic heterocycles. The molecule has 1 heterocycles. The van der Waals surface area contributed by atoms with Crippen LogP contribution in [-0.4, -0.2) is 6.54 Å². The predicted octanol–water partition coefficient (Wildman–Crippen LogP) is 3.23. The fourth-order valence-electron chi connectivity index (χ4n) is 1.91. The third kappa shape index (κ3) is 2.74. The Balaban J connectivity index is 2.20. The van der Waals surface area contributed by atoms with E-state index >= 15 is 0 Å². The second kappa shape index (κ2) is 5.74. The fraction of sp³-hybridized carbons (Fsp3) is 0.333. The summed E-state index contributed by atoms with van der Waals surface area (Å²) >= 11 is 0. The number of ether oxygens (including phenoxy) is 1. The van der Waals surface area contributed by atoms with Gasteiger partial charge in [-0.05, 0) is 37.1 Å². The van der Waals surface area contributed by atoms with Gasteiger partial charge in [-0.2, -0.15) is 0 Å². The zero-order valence-electron chi connectivity index (χ0n) is 10.8. The van der Waals surface area contributed by atoms with Gasteiger partial charge in [0.05, 0.1) is 0 Å². The number of aryl methyl sites for hydroxylation is 2. The van der Waals surface area contributed by atoms with E-state index in [1.54, 1.807) is 0 Å². The quantitative estimate of drug-likeness (QED) is 0.879. The minimum Gasteiger partial charge on any atom is -0.481 e. The van der Waals surface area contributed by atoms with Crippen LogP contribution in [0.15, 0.2) is 40.8 Å². The molecule has 1 unspecified atom stereocenters. The van der Waals surface area contributed by atoms with Gasteiger partial charge in [-0.15, -0.1) is 0 Å². The minimum atomic E-state index is -0.230. The van der Waals surface area contributed by atoms with Crippen LogP contribution in [0, 0.1) is 6.92 Å². The molecule has 0 saturated heterocycles. The Kier molecular flexibility index (Phi) is 4.05. The van der Waals surface area contributed by atoms with Crippen LogP contribution in [0.2, 0.25) is 0 Å². The van der Waals surface area contributed by atoms with Crippen molar-refractivity contribution < 1.29 is 9.15 Å². The van der Waals surface area contributed by atoms with Gasteiger partial charge in [-0.3, -0.25) is 0 Å². The molecule has 0 aliphatic rings. The predicted molar refractivity (Wildman–Crippen MR) is 71.7 cm³/mol. The Morgan fingerprint density at radius 2 is 2.00 bits per heavy atom.